The summed E-state index contributed by atoms with van der Waals surface area (Å²) in [6, 6.07) is 8.50. The van der Waals surface area contributed by atoms with E-state index in [4.69, 9.17) is 4.74 Å². The van der Waals surface area contributed by atoms with Crippen LogP contribution >= 0.6 is 0 Å². The third-order valence-electron chi connectivity index (χ3n) is 4.91. The van der Waals surface area contributed by atoms with Crippen LogP contribution in [0.2, 0.25) is 0 Å². The van der Waals surface area contributed by atoms with E-state index >= 15 is 0 Å². The molecule has 6 nitrogen and oxygen atoms in total. The lowest BCUT2D eigenvalue weighted by Gasteiger charge is -2.30. The Hall–Kier alpha value is -2.08. The molecule has 1 aliphatic rings. The van der Waals surface area contributed by atoms with Crippen molar-refractivity contribution < 1.29 is 14.3 Å². The van der Waals surface area contributed by atoms with Crippen LogP contribution in [0.25, 0.3) is 0 Å². The van der Waals surface area contributed by atoms with E-state index in [-0.39, 0.29) is 5.91 Å². The number of carbonyl (C=O) groups excluding carboxylic acids is 2. The predicted octanol–water partition coefficient (Wildman–Crippen LogP) is 3.84. The summed E-state index contributed by atoms with van der Waals surface area (Å²) in [4.78, 5) is 26.1. The summed E-state index contributed by atoms with van der Waals surface area (Å²) in [6.45, 7) is 12.1. The minimum atomic E-state index is -0.511. The van der Waals surface area contributed by atoms with Crippen LogP contribution in [0.15, 0.2) is 24.3 Å². The van der Waals surface area contributed by atoms with Crippen LogP contribution < -0.4 is 10.6 Å². The van der Waals surface area contributed by atoms with E-state index < -0.39 is 11.7 Å². The highest BCUT2D eigenvalue weighted by molar-refractivity contribution is 5.76. The Balaban J connectivity index is 1.61. The first-order valence-electron chi connectivity index (χ1n) is 10.7. The minimum Gasteiger partial charge on any atom is -0.444 e. The van der Waals surface area contributed by atoms with Crippen LogP contribution in [0.5, 0.6) is 0 Å². The lowest BCUT2D eigenvalue weighted by Crippen LogP contribution is -2.33. The fourth-order valence-electron chi connectivity index (χ4n) is 3.49. The van der Waals surface area contributed by atoms with Crippen molar-refractivity contribution >= 4 is 12.0 Å². The normalized spacial score (nSPS) is 17.6. The molecule has 0 aliphatic carbocycles. The molecule has 1 fully saturated rings. The Bertz CT molecular complexity index is 652. The van der Waals surface area contributed by atoms with Gasteiger partial charge in [0.1, 0.15) is 5.60 Å². The fraction of sp³-hybridized carbons (Fsp3) is 0.652. The van der Waals surface area contributed by atoms with E-state index in [1.54, 1.807) is 0 Å². The Morgan fingerprint density at radius 2 is 1.83 bits per heavy atom. The second kappa shape index (κ2) is 11.2. The van der Waals surface area contributed by atoms with Crippen molar-refractivity contribution in [3.63, 3.8) is 0 Å². The maximum Gasteiger partial charge on any atom is 0.407 e. The number of rotatable bonds is 8. The van der Waals surface area contributed by atoms with Gasteiger partial charge in [0.05, 0.1) is 0 Å². The molecule has 29 heavy (non-hydrogen) atoms. The van der Waals surface area contributed by atoms with Gasteiger partial charge in [0.15, 0.2) is 0 Å². The minimum absolute atomic E-state index is 0.0117. The monoisotopic (exact) mass is 403 g/mol. The van der Waals surface area contributed by atoms with E-state index in [2.05, 4.69) is 46.7 Å². The molecule has 0 radical (unpaired) electrons. The highest BCUT2D eigenvalue weighted by atomic mass is 16.6. The zero-order valence-electron chi connectivity index (χ0n) is 18.4. The molecule has 1 aromatic rings. The first-order valence-corrected chi connectivity index (χ1v) is 10.7. The second-order valence-electron chi connectivity index (χ2n) is 9.11. The Labute approximate surface area is 175 Å². The second-order valence-corrected chi connectivity index (χ2v) is 9.11. The largest absolute Gasteiger partial charge is 0.444 e. The number of alkyl carbamates (subject to hydrolysis) is 1. The van der Waals surface area contributed by atoms with Gasteiger partial charge in [-0.05, 0) is 63.6 Å². The van der Waals surface area contributed by atoms with Crippen molar-refractivity contribution in [2.45, 2.75) is 72.1 Å². The molecule has 1 saturated heterocycles. The lowest BCUT2D eigenvalue weighted by atomic mass is 9.99. The molecule has 2 N–H and O–H groups in total. The standard InChI is InChI=1S/C23H37N3O3/c1-18-7-6-14-26(16-18)17-20-11-9-19(10-12-20)15-25-21(27)8-5-13-24-22(28)29-23(2,3)4/h9-12,18H,5-8,13-17H2,1-4H3,(H,24,28)(H,25,27). The Morgan fingerprint density at radius 3 is 2.48 bits per heavy atom. The van der Waals surface area contributed by atoms with Gasteiger partial charge in [-0.2, -0.15) is 0 Å². The molecule has 1 aliphatic heterocycles. The van der Waals surface area contributed by atoms with Crippen molar-refractivity contribution in [1.82, 2.24) is 15.5 Å². The Kier molecular flexibility index (Phi) is 8.96. The number of amides is 2. The number of piperidine rings is 1. The average Bonchev–Trinajstić information content (AvgIpc) is 2.63. The van der Waals surface area contributed by atoms with Gasteiger partial charge in [0.2, 0.25) is 5.91 Å². The number of benzene rings is 1. The maximum absolute atomic E-state index is 12.0. The van der Waals surface area contributed by atoms with E-state index in [0.29, 0.717) is 25.9 Å². The highest BCUT2D eigenvalue weighted by Gasteiger charge is 2.16. The van der Waals surface area contributed by atoms with Crippen molar-refractivity contribution in [1.29, 1.82) is 0 Å². The van der Waals surface area contributed by atoms with Gasteiger partial charge in [-0.15, -0.1) is 0 Å². The van der Waals surface area contributed by atoms with Crippen molar-refractivity contribution in [3.8, 4) is 0 Å². The van der Waals surface area contributed by atoms with Crippen LogP contribution in [0.3, 0.4) is 0 Å². The predicted molar refractivity (Wildman–Crippen MR) is 115 cm³/mol. The number of likely N-dealkylation sites (tertiary alicyclic amines) is 1. The molecule has 1 atom stereocenters. The number of nitrogens with zero attached hydrogens (tertiary/aromatic N) is 1. The highest BCUT2D eigenvalue weighted by Crippen LogP contribution is 2.18. The van der Waals surface area contributed by atoms with Gasteiger partial charge in [-0.3, -0.25) is 9.69 Å². The fourth-order valence-corrected chi connectivity index (χ4v) is 3.49. The van der Waals surface area contributed by atoms with Crippen molar-refractivity contribution in [2.24, 2.45) is 5.92 Å². The van der Waals surface area contributed by atoms with Gasteiger partial charge in [-0.1, -0.05) is 31.2 Å². The number of carbonyl (C=O) groups is 2. The summed E-state index contributed by atoms with van der Waals surface area (Å²) < 4.78 is 5.16. The van der Waals surface area contributed by atoms with Gasteiger partial charge in [-0.25, -0.2) is 4.79 Å². The summed E-state index contributed by atoms with van der Waals surface area (Å²) in [5.74, 6) is 0.778. The number of hydrogen-bond acceptors (Lipinski definition) is 4. The number of hydrogen-bond donors (Lipinski definition) is 2. The molecule has 0 aromatic heterocycles. The topological polar surface area (TPSA) is 70.7 Å². The van der Waals surface area contributed by atoms with Crippen molar-refractivity contribution in [3.05, 3.63) is 35.4 Å². The zero-order chi connectivity index (χ0) is 21.3. The summed E-state index contributed by atoms with van der Waals surface area (Å²) in [6.07, 6.45) is 3.14. The van der Waals surface area contributed by atoms with E-state index in [9.17, 15) is 9.59 Å². The molecule has 0 saturated carbocycles. The lowest BCUT2D eigenvalue weighted by molar-refractivity contribution is -0.121. The van der Waals surface area contributed by atoms with Gasteiger partial charge >= 0.3 is 6.09 Å². The van der Waals surface area contributed by atoms with E-state index in [0.717, 1.165) is 18.0 Å². The number of ether oxygens (including phenoxy) is 1. The zero-order valence-corrected chi connectivity index (χ0v) is 18.4. The molecule has 1 unspecified atom stereocenters. The third kappa shape index (κ3) is 9.79. The van der Waals surface area contributed by atoms with Crippen LogP contribution in [0.4, 0.5) is 4.79 Å². The van der Waals surface area contributed by atoms with Crippen LogP contribution in [0.1, 0.15) is 64.5 Å². The van der Waals surface area contributed by atoms with Gasteiger partial charge in [0.25, 0.3) is 0 Å². The quantitative estimate of drug-likeness (QED) is 0.647. The summed E-state index contributed by atoms with van der Waals surface area (Å²) in [7, 11) is 0. The molecule has 1 heterocycles. The van der Waals surface area contributed by atoms with Crippen molar-refractivity contribution in [2.75, 3.05) is 19.6 Å². The third-order valence-corrected chi connectivity index (χ3v) is 4.91. The summed E-state index contributed by atoms with van der Waals surface area (Å²) >= 11 is 0. The van der Waals surface area contributed by atoms with Gasteiger partial charge < -0.3 is 15.4 Å². The molecule has 6 heteroatoms. The average molecular weight is 404 g/mol. The first kappa shape index (κ1) is 23.2. The van der Waals surface area contributed by atoms with Crippen LogP contribution in [-0.2, 0) is 22.6 Å². The summed E-state index contributed by atoms with van der Waals surface area (Å²) in [5.41, 5.74) is 1.91. The molecular formula is C23H37N3O3. The van der Waals surface area contributed by atoms with E-state index in [1.165, 1.54) is 31.5 Å². The molecule has 0 spiro atoms. The number of nitrogens with one attached hydrogen (secondary N) is 2. The summed E-state index contributed by atoms with van der Waals surface area (Å²) in [5, 5.41) is 5.60. The first-order chi connectivity index (χ1) is 13.7. The SMILES string of the molecule is CC1CCCN(Cc2ccc(CNC(=O)CCCNC(=O)OC(C)(C)C)cc2)C1. The molecular weight excluding hydrogens is 366 g/mol. The van der Waals surface area contributed by atoms with E-state index in [1.807, 2.05) is 20.8 Å². The molecule has 1 aromatic carbocycles. The molecule has 0 bridgehead atoms. The van der Waals surface area contributed by atoms with Gasteiger partial charge in [0, 0.05) is 32.6 Å². The molecule has 2 rings (SSSR count). The Morgan fingerprint density at radius 1 is 1.14 bits per heavy atom. The molecule has 2 amide bonds. The maximum atomic E-state index is 12.0. The van der Waals surface area contributed by atoms with Crippen LogP contribution in [0, 0.1) is 5.92 Å². The van der Waals surface area contributed by atoms with Crippen LogP contribution in [-0.4, -0.2) is 42.1 Å². The smallest absolute Gasteiger partial charge is 0.407 e. The molecule has 162 valence electrons.